The zero-order chi connectivity index (χ0) is 42.0. The molecule has 0 atom stereocenters. The number of hydrogen-bond donors (Lipinski definition) is 4. The maximum atomic E-state index is 11.9. The second-order valence-corrected chi connectivity index (χ2v) is 20.1. The Labute approximate surface area is 389 Å². The molecule has 13 heteroatoms. The van der Waals surface area contributed by atoms with Gasteiger partial charge in [0, 0.05) is 12.8 Å². The van der Waals surface area contributed by atoms with Crippen LogP contribution < -0.4 is 21.3 Å². The fourth-order valence-corrected chi connectivity index (χ4v) is 9.95. The van der Waals surface area contributed by atoms with Crippen LogP contribution in [0.5, 0.6) is 0 Å². The van der Waals surface area contributed by atoms with Crippen molar-refractivity contribution in [2.24, 2.45) is 0 Å². The van der Waals surface area contributed by atoms with Crippen molar-refractivity contribution in [2.45, 2.75) is 216 Å². The van der Waals surface area contributed by atoms with E-state index in [-0.39, 0.29) is 50.6 Å². The number of hydrogen-bond acceptors (Lipinski definition) is 10. The normalized spacial score (nSPS) is 14.7. The van der Waals surface area contributed by atoms with Crippen molar-refractivity contribution in [3.63, 3.8) is 0 Å². The first kappa shape index (κ1) is 53.9. The summed E-state index contributed by atoms with van der Waals surface area (Å²) in [6.07, 6.45) is 35.4. The summed E-state index contributed by atoms with van der Waals surface area (Å²) >= 11 is 0. The van der Waals surface area contributed by atoms with Crippen LogP contribution in [0.2, 0.25) is 0 Å². The molecular weight excluding hydrogens is 809 g/mol. The number of rotatable bonds is 32. The zero-order valence-electron chi connectivity index (χ0n) is 36.8. The molecule has 4 N–H and O–H groups in total. The topological polar surface area (TPSA) is 163 Å². The minimum atomic E-state index is -4.52. The molecular formula is C46H78CaN4O6S2. The van der Waals surface area contributed by atoms with Crippen LogP contribution in [-0.4, -0.2) is 73.7 Å². The summed E-state index contributed by atoms with van der Waals surface area (Å²) < 4.78 is 71.5. The van der Waals surface area contributed by atoms with Gasteiger partial charge in [-0.1, -0.05) is 205 Å². The van der Waals surface area contributed by atoms with Gasteiger partial charge in [-0.2, -0.15) is 0 Å². The molecule has 2 aliphatic heterocycles. The predicted octanol–water partition coefficient (Wildman–Crippen LogP) is 12.8. The molecule has 2 aromatic carbocycles. The van der Waals surface area contributed by atoms with Crippen LogP contribution in [0.15, 0.2) is 48.5 Å². The van der Waals surface area contributed by atoms with Gasteiger partial charge >= 0.3 is 37.7 Å². The number of nitrogens with one attached hydrogen (secondary N) is 4. The van der Waals surface area contributed by atoms with Gasteiger partial charge in [0.25, 0.3) is 0 Å². The van der Waals surface area contributed by atoms with Crippen LogP contribution >= 0.6 is 0 Å². The zero-order valence-corrected chi connectivity index (χ0v) is 40.6. The summed E-state index contributed by atoms with van der Waals surface area (Å²) in [6.45, 7) is 4.51. The monoisotopic (exact) mass is 886 g/mol. The minimum Gasteiger partial charge on any atom is -0.745 e. The maximum absolute atomic E-state index is 11.9. The summed E-state index contributed by atoms with van der Waals surface area (Å²) in [5.74, 6) is 0. The quantitative estimate of drug-likeness (QED) is 0.0316. The van der Waals surface area contributed by atoms with Gasteiger partial charge in [0.15, 0.2) is 0 Å². The summed E-state index contributed by atoms with van der Waals surface area (Å²) in [5.41, 5.74) is 2.71. The molecule has 2 aromatic rings. The van der Waals surface area contributed by atoms with E-state index in [0.29, 0.717) is 35.6 Å². The Morgan fingerprint density at radius 2 is 0.559 bits per heavy atom. The van der Waals surface area contributed by atoms with Crippen LogP contribution in [0.1, 0.15) is 206 Å². The van der Waals surface area contributed by atoms with E-state index in [1.54, 1.807) is 24.3 Å². The van der Waals surface area contributed by atoms with Gasteiger partial charge in [-0.15, -0.1) is 0 Å². The van der Waals surface area contributed by atoms with Crippen molar-refractivity contribution < 1.29 is 25.9 Å². The van der Waals surface area contributed by atoms with Crippen LogP contribution in [0.25, 0.3) is 0 Å². The first-order chi connectivity index (χ1) is 28.0. The van der Waals surface area contributed by atoms with Crippen LogP contribution in [0.4, 0.5) is 22.7 Å². The van der Waals surface area contributed by atoms with E-state index >= 15 is 0 Å². The van der Waals surface area contributed by atoms with E-state index in [0.717, 1.165) is 25.7 Å². The SMILES string of the molecule is CCCCCCCCCCCCCCCCC1(S(=O)(=O)[O-])Nc2ccccc2N1.CCCCCCCCCCCCCCCCC1(S(=O)(=O)[O-])Nc2ccccc2N1.[Ca+2]. The molecule has 0 aromatic heterocycles. The number of anilines is 4. The Bertz CT molecular complexity index is 1460. The van der Waals surface area contributed by atoms with E-state index in [9.17, 15) is 25.9 Å². The van der Waals surface area contributed by atoms with Crippen LogP contribution in [-0.2, 0) is 20.2 Å². The second-order valence-electron chi connectivity index (χ2n) is 16.8. The average molecular weight is 887 g/mol. The molecule has 2 heterocycles. The van der Waals surface area contributed by atoms with Gasteiger partial charge in [0.2, 0.25) is 9.99 Å². The van der Waals surface area contributed by atoms with E-state index in [4.69, 9.17) is 0 Å². The van der Waals surface area contributed by atoms with Gasteiger partial charge in [0.1, 0.15) is 20.2 Å². The number of fused-ring (bicyclic) bond motifs is 2. The molecule has 0 spiro atoms. The van der Waals surface area contributed by atoms with Crippen molar-refractivity contribution in [3.8, 4) is 0 Å². The molecule has 2 aliphatic rings. The van der Waals surface area contributed by atoms with Crippen LogP contribution in [0, 0.1) is 0 Å². The standard InChI is InChI=1S/2C23H40N2O3S.Ca/c2*1-2-3-4-5-6-7-8-9-10-11-12-13-14-17-20-23(29(26,27)28)24-21-18-15-16-19-22(21)25-23;/h2*15-16,18-19,24-25H,2-14,17,20H2,1H3,(H,26,27,28);/q;;+2/p-2. The molecule has 0 bridgehead atoms. The van der Waals surface area contributed by atoms with Gasteiger partial charge in [-0.25, -0.2) is 16.8 Å². The third kappa shape index (κ3) is 19.8. The third-order valence-corrected chi connectivity index (χ3v) is 14.3. The Morgan fingerprint density at radius 3 is 0.746 bits per heavy atom. The smallest absolute Gasteiger partial charge is 0.745 e. The van der Waals surface area contributed by atoms with E-state index in [2.05, 4.69) is 35.1 Å². The summed E-state index contributed by atoms with van der Waals surface area (Å²) in [6, 6.07) is 14.5. The van der Waals surface area contributed by atoms with Gasteiger partial charge in [-0.3, -0.25) is 0 Å². The minimum absolute atomic E-state index is 0. The fraction of sp³-hybridized carbons (Fsp3) is 0.739. The molecule has 59 heavy (non-hydrogen) atoms. The number of benzene rings is 2. The Kier molecular flexibility index (Phi) is 27.3. The average Bonchev–Trinajstić information content (AvgIpc) is 3.79. The van der Waals surface area contributed by atoms with E-state index in [1.807, 2.05) is 24.3 Å². The van der Waals surface area contributed by atoms with Crippen molar-refractivity contribution in [3.05, 3.63) is 48.5 Å². The molecule has 0 fully saturated rings. The van der Waals surface area contributed by atoms with Gasteiger partial charge in [0.05, 0.1) is 22.7 Å². The van der Waals surface area contributed by atoms with Gasteiger partial charge in [-0.05, 0) is 37.1 Å². The summed E-state index contributed by atoms with van der Waals surface area (Å²) in [7, 11) is -9.04. The third-order valence-electron chi connectivity index (χ3n) is 11.8. The fourth-order valence-electron chi connectivity index (χ4n) is 8.22. The Balaban J connectivity index is 0.000000400. The van der Waals surface area contributed by atoms with E-state index < -0.39 is 30.2 Å². The first-order valence-corrected chi connectivity index (χ1v) is 26.0. The molecule has 332 valence electrons. The predicted molar refractivity (Wildman–Crippen MR) is 248 cm³/mol. The van der Waals surface area contributed by atoms with Crippen molar-refractivity contribution in [2.75, 3.05) is 21.3 Å². The van der Waals surface area contributed by atoms with Crippen molar-refractivity contribution in [1.29, 1.82) is 0 Å². The first-order valence-electron chi connectivity index (χ1n) is 23.2. The Hall–Kier alpha value is -1.28. The second kappa shape index (κ2) is 29.9. The molecule has 0 unspecified atom stereocenters. The van der Waals surface area contributed by atoms with Gasteiger partial charge < -0.3 is 30.4 Å². The Morgan fingerprint density at radius 1 is 0.373 bits per heavy atom. The summed E-state index contributed by atoms with van der Waals surface area (Å²) in [4.78, 5) is -3.21. The molecule has 0 saturated heterocycles. The van der Waals surface area contributed by atoms with Crippen LogP contribution in [0.3, 0.4) is 0 Å². The molecule has 10 nitrogen and oxygen atoms in total. The molecule has 0 amide bonds. The molecule has 4 rings (SSSR count). The largest absolute Gasteiger partial charge is 2.00 e. The van der Waals surface area contributed by atoms with Crippen molar-refractivity contribution in [1.82, 2.24) is 0 Å². The number of para-hydroxylation sites is 4. The molecule has 0 radical (unpaired) electrons. The van der Waals surface area contributed by atoms with E-state index in [1.165, 1.54) is 141 Å². The maximum Gasteiger partial charge on any atom is 2.00 e. The van der Waals surface area contributed by atoms with Crippen molar-refractivity contribution >= 4 is 80.7 Å². The molecule has 0 aliphatic carbocycles. The number of unbranched alkanes of at least 4 members (excludes halogenated alkanes) is 26. The summed E-state index contributed by atoms with van der Waals surface area (Å²) in [5, 5.41) is 11.7. The molecule has 0 saturated carbocycles.